The van der Waals surface area contributed by atoms with Gasteiger partial charge in [0, 0.05) is 28.3 Å². The van der Waals surface area contributed by atoms with E-state index in [1.54, 1.807) is 12.1 Å². The van der Waals surface area contributed by atoms with Gasteiger partial charge in [0.2, 0.25) is 5.91 Å². The molecule has 1 aromatic rings. The number of amides is 1. The van der Waals surface area contributed by atoms with Gasteiger partial charge < -0.3 is 5.32 Å². The number of nitrogens with one attached hydrogen (secondary N) is 1. The second-order valence-electron chi connectivity index (χ2n) is 5.71. The molecule has 6 heteroatoms. The van der Waals surface area contributed by atoms with Gasteiger partial charge in [-0.3, -0.25) is 4.79 Å². The van der Waals surface area contributed by atoms with E-state index in [9.17, 15) is 9.18 Å². The average Bonchev–Trinajstić information content (AvgIpc) is 2.55. The molecule has 0 heterocycles. The van der Waals surface area contributed by atoms with Gasteiger partial charge in [0.25, 0.3) is 0 Å². The quantitative estimate of drug-likeness (QED) is 0.655. The molecule has 2 rings (SSSR count). The molecule has 1 aliphatic rings. The molecule has 0 aliphatic heterocycles. The molecular weight excluding hydrogens is 353 g/mol. The first-order valence-electron chi connectivity index (χ1n) is 8.05. The number of carbonyl (C=O) groups excluding carboxylic acids is 1. The van der Waals surface area contributed by atoms with E-state index in [0.717, 1.165) is 17.5 Å². The molecule has 0 unspecified atom stereocenters. The Morgan fingerprint density at radius 3 is 2.83 bits per heavy atom. The van der Waals surface area contributed by atoms with E-state index < -0.39 is 0 Å². The minimum Gasteiger partial charge on any atom is -0.355 e. The van der Waals surface area contributed by atoms with Gasteiger partial charge in [-0.25, -0.2) is 4.39 Å². The van der Waals surface area contributed by atoms with Crippen molar-refractivity contribution in [2.75, 3.05) is 18.1 Å². The first kappa shape index (κ1) is 18.9. The summed E-state index contributed by atoms with van der Waals surface area (Å²) in [7, 11) is 0. The summed E-state index contributed by atoms with van der Waals surface area (Å²) < 4.78 is 13.6. The smallest absolute Gasteiger partial charge is 0.230 e. The molecule has 0 atom stereocenters. The summed E-state index contributed by atoms with van der Waals surface area (Å²) in [5.41, 5.74) is 0.583. The van der Waals surface area contributed by atoms with Crippen LogP contribution in [0.1, 0.15) is 37.7 Å². The van der Waals surface area contributed by atoms with Gasteiger partial charge in [0.15, 0.2) is 0 Å². The summed E-state index contributed by atoms with van der Waals surface area (Å²) in [6.07, 6.45) is 6.71. The van der Waals surface area contributed by atoms with Gasteiger partial charge >= 0.3 is 0 Å². The number of benzene rings is 1. The molecule has 128 valence electrons. The maximum absolute atomic E-state index is 13.6. The summed E-state index contributed by atoms with van der Waals surface area (Å²) in [5, 5.41) is 4.11. The minimum absolute atomic E-state index is 0.0219. The molecular formula is C17H23ClFNOS2. The van der Waals surface area contributed by atoms with Crippen LogP contribution in [0.25, 0.3) is 0 Å². The fourth-order valence-electron chi connectivity index (χ4n) is 2.59. The van der Waals surface area contributed by atoms with E-state index in [0.29, 0.717) is 22.1 Å². The molecule has 23 heavy (non-hydrogen) atoms. The third-order valence-corrected chi connectivity index (χ3v) is 6.43. The van der Waals surface area contributed by atoms with Crippen LogP contribution >= 0.6 is 35.1 Å². The van der Waals surface area contributed by atoms with Crippen molar-refractivity contribution in [1.29, 1.82) is 0 Å². The largest absolute Gasteiger partial charge is 0.355 e. The lowest BCUT2D eigenvalue weighted by molar-refractivity contribution is -0.118. The van der Waals surface area contributed by atoms with Crippen LogP contribution in [0.3, 0.4) is 0 Å². The normalized spacial score (nSPS) is 15.6. The van der Waals surface area contributed by atoms with Crippen LogP contribution in [0, 0.1) is 5.82 Å². The van der Waals surface area contributed by atoms with Crippen LogP contribution < -0.4 is 5.32 Å². The third kappa shape index (κ3) is 7.36. The first-order valence-corrected chi connectivity index (χ1v) is 10.6. The monoisotopic (exact) mass is 375 g/mol. The average molecular weight is 376 g/mol. The molecule has 1 saturated carbocycles. The molecule has 0 aromatic heterocycles. The fourth-order valence-corrected chi connectivity index (χ4v) is 4.81. The molecule has 0 spiro atoms. The Hall–Kier alpha value is -0.390. The van der Waals surface area contributed by atoms with Gasteiger partial charge in [0.05, 0.1) is 5.75 Å². The highest BCUT2D eigenvalue weighted by Gasteiger charge is 2.13. The Bertz CT molecular complexity index is 509. The van der Waals surface area contributed by atoms with Crippen LogP contribution in [0.5, 0.6) is 0 Å². The fraction of sp³-hybridized carbons (Fsp3) is 0.588. The second kappa shape index (κ2) is 10.5. The van der Waals surface area contributed by atoms with Crippen molar-refractivity contribution in [3.05, 3.63) is 34.6 Å². The standard InChI is InChI=1S/C17H23ClFNOS2/c18-14-7-6-13(16(19)10-14)11-22-12-17(21)20-8-9-23-15-4-2-1-3-5-15/h6-7,10,15H,1-5,8-9,11-12H2,(H,20,21). The van der Waals surface area contributed by atoms with Crippen molar-refractivity contribution >= 4 is 41.0 Å². The van der Waals surface area contributed by atoms with Gasteiger partial charge in [-0.05, 0) is 30.5 Å². The van der Waals surface area contributed by atoms with E-state index in [2.05, 4.69) is 5.32 Å². The van der Waals surface area contributed by atoms with E-state index in [-0.39, 0.29) is 11.7 Å². The Morgan fingerprint density at radius 1 is 1.30 bits per heavy atom. The van der Waals surface area contributed by atoms with E-state index >= 15 is 0 Å². The maximum Gasteiger partial charge on any atom is 0.230 e. The second-order valence-corrected chi connectivity index (χ2v) is 8.54. The van der Waals surface area contributed by atoms with E-state index in [4.69, 9.17) is 11.6 Å². The van der Waals surface area contributed by atoms with Crippen LogP contribution in [0.4, 0.5) is 4.39 Å². The Balaban J connectivity index is 1.54. The van der Waals surface area contributed by atoms with Gasteiger partial charge in [-0.15, -0.1) is 11.8 Å². The molecule has 0 radical (unpaired) electrons. The summed E-state index contributed by atoms with van der Waals surface area (Å²) in [5.74, 6) is 1.53. The SMILES string of the molecule is O=C(CSCc1ccc(Cl)cc1F)NCCSC1CCCCC1. The molecule has 1 aliphatic carbocycles. The number of hydrogen-bond acceptors (Lipinski definition) is 3. The van der Waals surface area contributed by atoms with E-state index in [1.165, 1.54) is 49.9 Å². The van der Waals surface area contributed by atoms with Crippen LogP contribution in [-0.4, -0.2) is 29.2 Å². The van der Waals surface area contributed by atoms with Crippen LogP contribution in [0.2, 0.25) is 5.02 Å². The van der Waals surface area contributed by atoms with Crippen molar-refractivity contribution in [1.82, 2.24) is 5.32 Å². The number of hydrogen-bond donors (Lipinski definition) is 1. The number of rotatable bonds is 8. The summed E-state index contributed by atoms with van der Waals surface area (Å²) in [6.45, 7) is 0.718. The van der Waals surface area contributed by atoms with E-state index in [1.807, 2.05) is 11.8 Å². The highest BCUT2D eigenvalue weighted by atomic mass is 35.5. The molecule has 0 saturated heterocycles. The van der Waals surface area contributed by atoms with Gasteiger partial charge in [-0.1, -0.05) is 36.9 Å². The summed E-state index contributed by atoms with van der Waals surface area (Å²) in [6, 6.07) is 4.65. The third-order valence-electron chi connectivity index (χ3n) is 3.84. The zero-order valence-corrected chi connectivity index (χ0v) is 15.5. The molecule has 0 bridgehead atoms. The van der Waals surface area contributed by atoms with Crippen LogP contribution in [-0.2, 0) is 10.5 Å². The number of thioether (sulfide) groups is 2. The zero-order chi connectivity index (χ0) is 16.5. The minimum atomic E-state index is -0.311. The highest BCUT2D eigenvalue weighted by Crippen LogP contribution is 2.27. The van der Waals surface area contributed by atoms with Crippen LogP contribution in [0.15, 0.2) is 18.2 Å². The summed E-state index contributed by atoms with van der Waals surface area (Å²) >= 11 is 9.11. The lowest BCUT2D eigenvalue weighted by atomic mass is 10.0. The molecule has 1 amide bonds. The first-order chi connectivity index (χ1) is 11.1. The topological polar surface area (TPSA) is 29.1 Å². The lowest BCUT2D eigenvalue weighted by Gasteiger charge is -2.20. The zero-order valence-electron chi connectivity index (χ0n) is 13.2. The highest BCUT2D eigenvalue weighted by molar-refractivity contribution is 8.00. The van der Waals surface area contributed by atoms with Crippen molar-refractivity contribution in [2.24, 2.45) is 0 Å². The molecule has 1 N–H and O–H groups in total. The lowest BCUT2D eigenvalue weighted by Crippen LogP contribution is -2.28. The summed E-state index contributed by atoms with van der Waals surface area (Å²) in [4.78, 5) is 11.8. The van der Waals surface area contributed by atoms with Crippen molar-refractivity contribution < 1.29 is 9.18 Å². The van der Waals surface area contributed by atoms with Crippen molar-refractivity contribution in [3.8, 4) is 0 Å². The molecule has 1 aromatic carbocycles. The number of halogens is 2. The Kier molecular flexibility index (Phi) is 8.62. The predicted molar refractivity (Wildman–Crippen MR) is 99.9 cm³/mol. The Morgan fingerprint density at radius 2 is 2.09 bits per heavy atom. The van der Waals surface area contributed by atoms with Gasteiger partial charge in [0.1, 0.15) is 5.82 Å². The molecule has 1 fully saturated rings. The Labute approximate surface area is 151 Å². The number of carbonyl (C=O) groups is 1. The molecule has 2 nitrogen and oxygen atoms in total. The van der Waals surface area contributed by atoms with Crippen molar-refractivity contribution in [3.63, 3.8) is 0 Å². The maximum atomic E-state index is 13.6. The van der Waals surface area contributed by atoms with Gasteiger partial charge in [-0.2, -0.15) is 11.8 Å². The predicted octanol–water partition coefficient (Wildman–Crippen LogP) is 4.89. The van der Waals surface area contributed by atoms with Crippen molar-refractivity contribution in [2.45, 2.75) is 43.1 Å².